The number of halogens is 1. The molecule has 1 N–H and O–H groups in total. The summed E-state index contributed by atoms with van der Waals surface area (Å²) in [5, 5.41) is 8.24. The van der Waals surface area contributed by atoms with Gasteiger partial charge < -0.3 is 5.11 Å². The van der Waals surface area contributed by atoms with Crippen LogP contribution in [0.2, 0.25) is 5.02 Å². The lowest BCUT2D eigenvalue weighted by Crippen LogP contribution is -2.14. The zero-order valence-corrected chi connectivity index (χ0v) is 12.5. The molecule has 1 rings (SSSR count). The largest absolute Gasteiger partial charge is 0.478 e. The fourth-order valence-electron chi connectivity index (χ4n) is 1.47. The highest BCUT2D eigenvalue weighted by Crippen LogP contribution is 2.32. The van der Waals surface area contributed by atoms with E-state index >= 15 is 0 Å². The molecular formula is C11H9ClO6S2. The zero-order chi connectivity index (χ0) is 15.7. The van der Waals surface area contributed by atoms with E-state index in [2.05, 4.69) is 0 Å². The number of hydrogen-bond acceptors (Lipinski definition) is 5. The molecule has 0 spiro atoms. The number of carboxylic acid groups (broad SMARTS) is 1. The van der Waals surface area contributed by atoms with Crippen LogP contribution in [0.15, 0.2) is 21.9 Å². The number of carboxylic acids is 1. The second-order valence-corrected chi connectivity index (χ2v) is 8.08. The van der Waals surface area contributed by atoms with Crippen molar-refractivity contribution in [2.45, 2.75) is 9.79 Å². The van der Waals surface area contributed by atoms with Crippen molar-refractivity contribution in [1.29, 1.82) is 0 Å². The number of aromatic carboxylic acids is 1. The third kappa shape index (κ3) is 3.12. The van der Waals surface area contributed by atoms with Crippen LogP contribution in [0, 0.1) is 12.3 Å². The summed E-state index contributed by atoms with van der Waals surface area (Å²) >= 11 is 5.74. The molecule has 9 heteroatoms. The smallest absolute Gasteiger partial charge is 0.337 e. The van der Waals surface area contributed by atoms with Gasteiger partial charge >= 0.3 is 5.97 Å². The molecule has 0 amide bonds. The lowest BCUT2D eigenvalue weighted by molar-refractivity contribution is 0.0696. The van der Waals surface area contributed by atoms with E-state index in [0.29, 0.717) is 0 Å². The molecule has 1 aromatic carbocycles. The number of rotatable bonds is 4. The fourth-order valence-corrected chi connectivity index (χ4v) is 4.83. The lowest BCUT2D eigenvalue weighted by atomic mass is 10.2. The van der Waals surface area contributed by atoms with E-state index in [1.807, 2.05) is 5.92 Å². The van der Waals surface area contributed by atoms with Crippen LogP contribution in [-0.2, 0) is 19.7 Å². The van der Waals surface area contributed by atoms with Crippen LogP contribution >= 0.6 is 11.6 Å². The number of carbonyl (C=O) groups is 1. The van der Waals surface area contributed by atoms with Gasteiger partial charge in [0.05, 0.1) is 15.5 Å². The normalized spacial score (nSPS) is 11.8. The van der Waals surface area contributed by atoms with Crippen LogP contribution in [0.3, 0.4) is 0 Å². The quantitative estimate of drug-likeness (QED) is 0.817. The summed E-state index contributed by atoms with van der Waals surface area (Å²) < 4.78 is 47.3. The van der Waals surface area contributed by atoms with Crippen LogP contribution < -0.4 is 0 Å². The maximum Gasteiger partial charge on any atom is 0.337 e. The van der Waals surface area contributed by atoms with Gasteiger partial charge in [-0.15, -0.1) is 6.42 Å². The van der Waals surface area contributed by atoms with Gasteiger partial charge in [-0.25, -0.2) is 21.6 Å². The summed E-state index contributed by atoms with van der Waals surface area (Å²) in [7, 11) is -8.15. The van der Waals surface area contributed by atoms with Crippen molar-refractivity contribution >= 4 is 37.2 Å². The average Bonchev–Trinajstić information content (AvgIpc) is 2.26. The molecule has 6 nitrogen and oxygen atoms in total. The van der Waals surface area contributed by atoms with Gasteiger partial charge in [-0.1, -0.05) is 17.5 Å². The van der Waals surface area contributed by atoms with Gasteiger partial charge in [0, 0.05) is 6.26 Å². The average molecular weight is 337 g/mol. The van der Waals surface area contributed by atoms with Gasteiger partial charge in [-0.2, -0.15) is 0 Å². The summed E-state index contributed by atoms with van der Waals surface area (Å²) in [4.78, 5) is 9.59. The standard InChI is InChI=1S/C11H9ClO6S2/c1-3-6-20(17,18)10-8(19(2,15)16)5-4-7(9(10)12)11(13)14/h1,4-5H,6H2,2H3,(H,13,14). The Morgan fingerprint density at radius 2 is 1.90 bits per heavy atom. The Morgan fingerprint density at radius 3 is 2.30 bits per heavy atom. The van der Waals surface area contributed by atoms with E-state index in [4.69, 9.17) is 23.1 Å². The Kier molecular flexibility index (Phi) is 4.49. The van der Waals surface area contributed by atoms with Crippen molar-refractivity contribution in [2.24, 2.45) is 0 Å². The van der Waals surface area contributed by atoms with E-state index in [0.717, 1.165) is 18.4 Å². The summed E-state index contributed by atoms with van der Waals surface area (Å²) in [6, 6.07) is 1.81. The Balaban J connectivity index is 3.92. The monoisotopic (exact) mass is 336 g/mol. The van der Waals surface area contributed by atoms with Crippen molar-refractivity contribution < 1.29 is 26.7 Å². The first-order chi connectivity index (χ1) is 9.02. The van der Waals surface area contributed by atoms with Crippen molar-refractivity contribution in [1.82, 2.24) is 0 Å². The molecule has 0 aliphatic heterocycles. The molecule has 0 bridgehead atoms. The Labute approximate surface area is 121 Å². The molecule has 0 aliphatic carbocycles. The lowest BCUT2D eigenvalue weighted by Gasteiger charge is -2.11. The first-order valence-corrected chi connectivity index (χ1v) is 8.86. The summed E-state index contributed by atoms with van der Waals surface area (Å²) in [6.07, 6.45) is 5.71. The molecule has 0 heterocycles. The Bertz CT molecular complexity index is 815. The first-order valence-electron chi connectivity index (χ1n) is 4.94. The van der Waals surface area contributed by atoms with Gasteiger partial charge in [-0.3, -0.25) is 0 Å². The summed E-state index contributed by atoms with van der Waals surface area (Å²) in [6.45, 7) is 0. The predicted octanol–water partition coefficient (Wildman–Crippen LogP) is 0.849. The van der Waals surface area contributed by atoms with Gasteiger partial charge in [0.1, 0.15) is 10.6 Å². The number of benzene rings is 1. The van der Waals surface area contributed by atoms with E-state index in [9.17, 15) is 21.6 Å². The van der Waals surface area contributed by atoms with Crippen molar-refractivity contribution in [3.63, 3.8) is 0 Å². The predicted molar refractivity (Wildman–Crippen MR) is 72.4 cm³/mol. The van der Waals surface area contributed by atoms with Gasteiger partial charge in [0.15, 0.2) is 19.7 Å². The minimum atomic E-state index is -4.22. The molecule has 0 saturated carbocycles. The number of terminal acetylenes is 1. The van der Waals surface area contributed by atoms with Crippen molar-refractivity contribution in [3.05, 3.63) is 22.7 Å². The van der Waals surface area contributed by atoms with Gasteiger partial charge in [-0.05, 0) is 12.1 Å². The maximum absolute atomic E-state index is 12.0. The minimum Gasteiger partial charge on any atom is -0.478 e. The number of sulfone groups is 2. The van der Waals surface area contributed by atoms with E-state index in [-0.39, 0.29) is 0 Å². The zero-order valence-electron chi connectivity index (χ0n) is 10.1. The fraction of sp³-hybridized carbons (Fsp3) is 0.182. The summed E-state index contributed by atoms with van der Waals surface area (Å²) in [5.74, 6) is -0.401. The second-order valence-electron chi connectivity index (χ2n) is 3.79. The highest BCUT2D eigenvalue weighted by Gasteiger charge is 2.29. The molecule has 0 fully saturated rings. The molecule has 0 aromatic heterocycles. The van der Waals surface area contributed by atoms with Gasteiger partial charge in [0.2, 0.25) is 0 Å². The number of hydrogen-bond donors (Lipinski definition) is 1. The molecule has 0 radical (unpaired) electrons. The van der Waals surface area contributed by atoms with Crippen LogP contribution in [0.25, 0.3) is 0 Å². The van der Waals surface area contributed by atoms with Crippen LogP contribution in [-0.4, -0.2) is 39.9 Å². The molecule has 108 valence electrons. The van der Waals surface area contributed by atoms with E-state index in [1.165, 1.54) is 0 Å². The van der Waals surface area contributed by atoms with Crippen molar-refractivity contribution in [2.75, 3.05) is 12.0 Å². The highest BCUT2D eigenvalue weighted by molar-refractivity contribution is 7.94. The maximum atomic E-state index is 12.0. The summed E-state index contributed by atoms with van der Waals surface area (Å²) in [5.41, 5.74) is -0.519. The Morgan fingerprint density at radius 1 is 1.35 bits per heavy atom. The topological polar surface area (TPSA) is 106 Å². The first kappa shape index (κ1) is 16.5. The van der Waals surface area contributed by atoms with Crippen molar-refractivity contribution in [3.8, 4) is 12.3 Å². The van der Waals surface area contributed by atoms with Crippen LogP contribution in [0.4, 0.5) is 0 Å². The third-order valence-electron chi connectivity index (χ3n) is 2.28. The Hall–Kier alpha value is -1.56. The van der Waals surface area contributed by atoms with Crippen LogP contribution in [0.1, 0.15) is 10.4 Å². The van der Waals surface area contributed by atoms with E-state index in [1.54, 1.807) is 0 Å². The van der Waals surface area contributed by atoms with E-state index < -0.39 is 51.8 Å². The minimum absolute atomic E-state index is 0.519. The SMILES string of the molecule is C#CCS(=O)(=O)c1c(S(C)(=O)=O)ccc(C(=O)O)c1Cl. The molecule has 1 aromatic rings. The molecule has 0 aliphatic rings. The molecule has 0 saturated heterocycles. The highest BCUT2D eigenvalue weighted by atomic mass is 35.5. The molecule has 0 atom stereocenters. The molecule has 20 heavy (non-hydrogen) atoms. The van der Waals surface area contributed by atoms with Gasteiger partial charge in [0.25, 0.3) is 0 Å². The second kappa shape index (κ2) is 5.44. The van der Waals surface area contributed by atoms with Crippen LogP contribution in [0.5, 0.6) is 0 Å². The molecular weight excluding hydrogens is 328 g/mol. The third-order valence-corrected chi connectivity index (χ3v) is 5.64. The molecule has 0 unspecified atom stereocenters.